The van der Waals surface area contributed by atoms with E-state index < -0.39 is 0 Å². The van der Waals surface area contributed by atoms with Crippen molar-refractivity contribution >= 4 is 22.9 Å². The quantitative estimate of drug-likeness (QED) is 0.371. The van der Waals surface area contributed by atoms with Crippen LogP contribution in [0, 0.1) is 0 Å². The van der Waals surface area contributed by atoms with Gasteiger partial charge >= 0.3 is 0 Å². The van der Waals surface area contributed by atoms with Crippen LogP contribution in [-0.4, -0.2) is 33.3 Å². The molecular weight excluding hydrogens is 444 g/mol. The predicted molar refractivity (Wildman–Crippen MR) is 139 cm³/mol. The highest BCUT2D eigenvalue weighted by Crippen LogP contribution is 2.38. The molecule has 7 heteroatoms. The Kier molecular flexibility index (Phi) is 7.63. The van der Waals surface area contributed by atoms with Crippen molar-refractivity contribution in [3.8, 4) is 17.1 Å². The van der Waals surface area contributed by atoms with Gasteiger partial charge < -0.3 is 19.5 Å². The van der Waals surface area contributed by atoms with Crippen LogP contribution in [0.1, 0.15) is 63.6 Å². The predicted octanol–water partition coefficient (Wildman–Crippen LogP) is 6.16. The summed E-state index contributed by atoms with van der Waals surface area (Å²) >= 11 is 5.76. The molecule has 0 bridgehead atoms. The number of unbranched alkanes of at least 4 members (excludes halogenated alkanes) is 1. The lowest BCUT2D eigenvalue weighted by molar-refractivity contribution is 0.340. The number of hydrogen-bond acceptors (Lipinski definition) is 5. The Bertz CT molecular complexity index is 1150. The first-order valence-electron chi connectivity index (χ1n) is 12.0. The fraction of sp³-hybridized carbons (Fsp3) is 0.370. The van der Waals surface area contributed by atoms with Crippen LogP contribution in [0.4, 0.5) is 0 Å². The summed E-state index contributed by atoms with van der Waals surface area (Å²) in [4.78, 5) is 6.94. The van der Waals surface area contributed by atoms with Crippen LogP contribution in [0.15, 0.2) is 58.8 Å². The van der Waals surface area contributed by atoms with Crippen LogP contribution < -0.4 is 10.1 Å². The Morgan fingerprint density at radius 3 is 2.44 bits per heavy atom. The number of ether oxygens (including phenoxy) is 1. The lowest BCUT2D eigenvalue weighted by Gasteiger charge is -2.37. The van der Waals surface area contributed by atoms with Gasteiger partial charge in [-0.15, -0.1) is 0 Å². The Morgan fingerprint density at radius 2 is 1.79 bits per heavy atom. The first-order valence-corrected chi connectivity index (χ1v) is 12.4. The van der Waals surface area contributed by atoms with Gasteiger partial charge in [0.05, 0.1) is 18.2 Å². The van der Waals surface area contributed by atoms with E-state index in [1.165, 1.54) is 5.56 Å². The Morgan fingerprint density at radius 1 is 1.06 bits per heavy atom. The van der Waals surface area contributed by atoms with E-state index in [9.17, 15) is 0 Å². The van der Waals surface area contributed by atoms with Gasteiger partial charge in [-0.3, -0.25) is 0 Å². The summed E-state index contributed by atoms with van der Waals surface area (Å²) in [7, 11) is 0. The van der Waals surface area contributed by atoms with E-state index in [1.807, 2.05) is 31.2 Å². The summed E-state index contributed by atoms with van der Waals surface area (Å²) in [5, 5.41) is 8.53. The van der Waals surface area contributed by atoms with Gasteiger partial charge in [0.25, 0.3) is 5.89 Å². The maximum absolute atomic E-state index is 5.83. The first-order chi connectivity index (χ1) is 16.5. The largest absolute Gasteiger partial charge is 0.494 e. The number of nitrogens with one attached hydrogen (secondary N) is 1. The number of benzene rings is 2. The van der Waals surface area contributed by atoms with Gasteiger partial charge in [-0.25, -0.2) is 0 Å². The number of rotatable bonds is 9. The van der Waals surface area contributed by atoms with Gasteiger partial charge in [-0.2, -0.15) is 4.98 Å². The number of aromatic nitrogens is 2. The summed E-state index contributed by atoms with van der Waals surface area (Å²) in [5.74, 6) is 1.92. The van der Waals surface area contributed by atoms with E-state index in [4.69, 9.17) is 26.5 Å². The van der Waals surface area contributed by atoms with Crippen LogP contribution in [0.25, 0.3) is 17.0 Å². The van der Waals surface area contributed by atoms with Crippen LogP contribution >= 0.6 is 12.2 Å². The Labute approximate surface area is 207 Å². The average Bonchev–Trinajstić information content (AvgIpc) is 3.34. The summed E-state index contributed by atoms with van der Waals surface area (Å²) in [6, 6.07) is 16.2. The minimum absolute atomic E-state index is 0.197. The van der Waals surface area contributed by atoms with Gasteiger partial charge in [0.2, 0.25) is 5.82 Å². The van der Waals surface area contributed by atoms with Gasteiger partial charge in [0.15, 0.2) is 5.11 Å². The second-order valence-corrected chi connectivity index (χ2v) is 8.75. The van der Waals surface area contributed by atoms with E-state index in [-0.39, 0.29) is 6.04 Å². The Hall–Kier alpha value is -3.19. The highest BCUT2D eigenvalue weighted by molar-refractivity contribution is 7.80. The van der Waals surface area contributed by atoms with E-state index in [0.29, 0.717) is 23.4 Å². The normalized spacial score (nSPS) is 16.1. The fourth-order valence-electron chi connectivity index (χ4n) is 4.16. The zero-order chi connectivity index (χ0) is 24.1. The van der Waals surface area contributed by atoms with Gasteiger partial charge in [-0.1, -0.05) is 61.8 Å². The van der Waals surface area contributed by atoms with E-state index in [0.717, 1.165) is 54.0 Å². The molecule has 1 aliphatic rings. The highest BCUT2D eigenvalue weighted by atomic mass is 32.1. The number of thiocarbonyl (C=S) groups is 1. The Balaban J connectivity index is 1.74. The molecule has 178 valence electrons. The van der Waals surface area contributed by atoms with Crippen molar-refractivity contribution in [2.24, 2.45) is 0 Å². The number of hydrogen-bond donors (Lipinski definition) is 1. The van der Waals surface area contributed by atoms with Crippen LogP contribution in [0.2, 0.25) is 0 Å². The minimum atomic E-state index is -0.197. The molecule has 0 radical (unpaired) electrons. The van der Waals surface area contributed by atoms with Crippen molar-refractivity contribution in [2.75, 3.05) is 13.2 Å². The van der Waals surface area contributed by atoms with Gasteiger partial charge in [0, 0.05) is 17.8 Å². The molecule has 1 aromatic heterocycles. The zero-order valence-corrected chi connectivity index (χ0v) is 21.1. The minimum Gasteiger partial charge on any atom is -0.494 e. The third-order valence-corrected chi connectivity index (χ3v) is 6.47. The summed E-state index contributed by atoms with van der Waals surface area (Å²) < 4.78 is 11.5. The van der Waals surface area contributed by atoms with Crippen molar-refractivity contribution in [3.05, 3.63) is 71.2 Å². The average molecular weight is 477 g/mol. The molecule has 2 aromatic carbocycles. The molecule has 34 heavy (non-hydrogen) atoms. The van der Waals surface area contributed by atoms with Gasteiger partial charge in [0.1, 0.15) is 5.75 Å². The van der Waals surface area contributed by atoms with Crippen LogP contribution in [0.3, 0.4) is 0 Å². The molecule has 3 aromatic rings. The maximum atomic E-state index is 5.83. The molecule has 1 N–H and O–H groups in total. The monoisotopic (exact) mass is 476 g/mol. The molecule has 0 fully saturated rings. The van der Waals surface area contributed by atoms with Gasteiger partial charge in [-0.05, 0) is 62.2 Å². The molecule has 1 atom stereocenters. The van der Waals surface area contributed by atoms with Crippen molar-refractivity contribution in [1.82, 2.24) is 20.4 Å². The molecular formula is C27H32N4O2S. The number of nitrogens with zero attached hydrogens (tertiary/aromatic N) is 3. The van der Waals surface area contributed by atoms with Crippen molar-refractivity contribution in [2.45, 2.75) is 53.0 Å². The van der Waals surface area contributed by atoms with Crippen molar-refractivity contribution in [3.63, 3.8) is 0 Å². The maximum Gasteiger partial charge on any atom is 0.258 e. The number of allylic oxidation sites excluding steroid dienone is 1. The van der Waals surface area contributed by atoms with E-state index >= 15 is 0 Å². The van der Waals surface area contributed by atoms with Crippen molar-refractivity contribution in [1.29, 1.82) is 0 Å². The SMILES string of the molecule is CCCCN1C(=S)NC(c2ccc(OCC)cc2)C(c2nc(-c3ccc(CC)cc3)no2)=C1C. The zero-order valence-electron chi connectivity index (χ0n) is 20.3. The second kappa shape index (κ2) is 10.8. The summed E-state index contributed by atoms with van der Waals surface area (Å²) in [6.45, 7) is 9.85. The van der Waals surface area contributed by atoms with E-state index in [1.54, 1.807) is 0 Å². The lowest BCUT2D eigenvalue weighted by atomic mass is 9.94. The third-order valence-electron chi connectivity index (χ3n) is 6.13. The second-order valence-electron chi connectivity index (χ2n) is 8.36. The molecule has 1 aliphatic heterocycles. The molecule has 0 spiro atoms. The van der Waals surface area contributed by atoms with Crippen molar-refractivity contribution < 1.29 is 9.26 Å². The smallest absolute Gasteiger partial charge is 0.258 e. The van der Waals surface area contributed by atoms with Crippen LogP contribution in [-0.2, 0) is 6.42 Å². The fourth-order valence-corrected chi connectivity index (χ4v) is 4.50. The molecule has 0 amide bonds. The van der Waals surface area contributed by atoms with E-state index in [2.05, 4.69) is 60.4 Å². The molecule has 0 aliphatic carbocycles. The molecule has 2 heterocycles. The summed E-state index contributed by atoms with van der Waals surface area (Å²) in [6.07, 6.45) is 3.12. The molecule has 0 saturated heterocycles. The lowest BCUT2D eigenvalue weighted by Crippen LogP contribution is -2.46. The molecule has 1 unspecified atom stereocenters. The first kappa shape index (κ1) is 24.0. The molecule has 4 rings (SSSR count). The van der Waals surface area contributed by atoms with Crippen LogP contribution in [0.5, 0.6) is 5.75 Å². The number of aryl methyl sites for hydroxylation is 1. The third kappa shape index (κ3) is 4.99. The standard InChI is InChI=1S/C27H32N4O2S/c1-5-8-17-31-18(4)23(24(28-27(31)34)20-13-15-22(16-14-20)32-7-3)26-29-25(30-33-26)21-11-9-19(6-2)10-12-21/h9-16,24H,5-8,17H2,1-4H3,(H,28,34). The highest BCUT2D eigenvalue weighted by Gasteiger charge is 2.33. The topological polar surface area (TPSA) is 63.4 Å². The molecule has 6 nitrogen and oxygen atoms in total. The molecule has 0 saturated carbocycles. The summed E-state index contributed by atoms with van der Waals surface area (Å²) in [5.41, 5.74) is 5.25.